The minimum absolute atomic E-state index is 0.0101. The molecular weight excluding hydrogens is 714 g/mol. The van der Waals surface area contributed by atoms with E-state index in [9.17, 15) is 34.2 Å². The number of ketones is 1. The van der Waals surface area contributed by atoms with E-state index in [-0.39, 0.29) is 26.2 Å². The van der Waals surface area contributed by atoms with Crippen molar-refractivity contribution in [2.45, 2.75) is 168 Å². The number of benzene rings is 1. The van der Waals surface area contributed by atoms with Gasteiger partial charge in [-0.05, 0) is 63.1 Å². The molecule has 1 aromatic carbocycles. The van der Waals surface area contributed by atoms with Crippen molar-refractivity contribution in [1.29, 1.82) is 0 Å². The molecule has 0 bridgehead atoms. The Morgan fingerprint density at radius 3 is 1.95 bits per heavy atom. The zero-order valence-corrected chi connectivity index (χ0v) is 34.5. The lowest BCUT2D eigenvalue weighted by Gasteiger charge is -2.30. The van der Waals surface area contributed by atoms with E-state index < -0.39 is 47.8 Å². The predicted molar refractivity (Wildman–Crippen MR) is 218 cm³/mol. The fourth-order valence-electron chi connectivity index (χ4n) is 6.04. The van der Waals surface area contributed by atoms with Gasteiger partial charge in [-0.25, -0.2) is 9.59 Å². The zero-order chi connectivity index (χ0) is 41.4. The lowest BCUT2D eigenvalue weighted by Crippen LogP contribution is -2.55. The highest BCUT2D eigenvalue weighted by Gasteiger charge is 2.49. The molecule has 0 unspecified atom stereocenters. The second-order valence-electron chi connectivity index (χ2n) is 14.4. The van der Waals surface area contributed by atoms with Crippen LogP contribution in [-0.4, -0.2) is 71.3 Å². The van der Waals surface area contributed by atoms with Crippen LogP contribution in [0.25, 0.3) is 0 Å². The zero-order valence-electron chi connectivity index (χ0n) is 34.5. The number of amides is 1. The van der Waals surface area contributed by atoms with Crippen LogP contribution in [0.2, 0.25) is 0 Å². The molecule has 0 radical (unpaired) electrons. The van der Waals surface area contributed by atoms with Gasteiger partial charge in [0.2, 0.25) is 5.91 Å². The van der Waals surface area contributed by atoms with Gasteiger partial charge in [0, 0.05) is 19.3 Å². The van der Waals surface area contributed by atoms with Crippen LogP contribution < -0.4 is 10.1 Å². The molecule has 314 valence electrons. The summed E-state index contributed by atoms with van der Waals surface area (Å²) in [5, 5.41) is 24.5. The summed E-state index contributed by atoms with van der Waals surface area (Å²) in [4.78, 5) is 65.2. The minimum Gasteiger partial charge on any atom is -0.481 e. The number of aliphatic hydroxyl groups is 1. The topological polar surface area (TPSA) is 166 Å². The molecule has 0 aliphatic carbocycles. The highest BCUT2D eigenvalue weighted by Crippen LogP contribution is 2.27. The van der Waals surface area contributed by atoms with Crippen molar-refractivity contribution in [1.82, 2.24) is 5.32 Å². The summed E-state index contributed by atoms with van der Waals surface area (Å²) in [6, 6.07) is 5.68. The van der Waals surface area contributed by atoms with Gasteiger partial charge < -0.3 is 29.7 Å². The van der Waals surface area contributed by atoms with Crippen LogP contribution in [-0.2, 0) is 39.9 Å². The number of Topliss-reactive ketones (excluding diaryl/α,β-unsaturated/α-hetero) is 1. The Kier molecular flexibility index (Phi) is 27.6. The number of carbonyl (C=O) groups excluding carboxylic acids is 4. The summed E-state index contributed by atoms with van der Waals surface area (Å²) in [7, 11) is 0. The highest BCUT2D eigenvalue weighted by atomic mass is 16.5. The summed E-state index contributed by atoms with van der Waals surface area (Å²) < 4.78 is 16.3. The smallest absolute Gasteiger partial charge is 0.337 e. The SMILES string of the molecule is CC#CCOc1ccc(C[C@H](NC(=O)[C@@H](C=CCCCCCCC(=O)CCCCCCC)[C@@](O)(CC(=O)OCCCCC)C(=O)O)C(=O)OCCCCC)cc1. The van der Waals surface area contributed by atoms with Crippen molar-refractivity contribution in [2.75, 3.05) is 19.8 Å². The van der Waals surface area contributed by atoms with Gasteiger partial charge in [0.1, 0.15) is 24.2 Å². The van der Waals surface area contributed by atoms with Gasteiger partial charge in [-0.1, -0.05) is 115 Å². The third-order valence-electron chi connectivity index (χ3n) is 9.50. The standard InChI is InChI=1S/C45H69NO10/c1-5-9-13-16-19-24-37(47)25-20-17-14-15-18-21-26-39(45(53,44(51)52)35-41(48)55-32-22-10-6-2)42(49)46-40(43(50)56-33-23-11-7-3)34-36-27-29-38(30-28-36)54-31-12-8-4/h21,26-30,39-40,53H,5-7,9-11,13-20,22-25,31-35H2,1-4H3,(H,46,49)(H,51,52)/t39-,40+,45+/m1/s1. The van der Waals surface area contributed by atoms with E-state index in [0.717, 1.165) is 57.8 Å². The third-order valence-corrected chi connectivity index (χ3v) is 9.50. The Bertz CT molecular complexity index is 1380. The number of esters is 2. The van der Waals surface area contributed by atoms with Crippen LogP contribution >= 0.6 is 0 Å². The number of hydrogen-bond acceptors (Lipinski definition) is 9. The molecule has 11 heteroatoms. The number of rotatable bonds is 33. The Labute approximate surface area is 335 Å². The Hall–Kier alpha value is -4.17. The van der Waals surface area contributed by atoms with Crippen molar-refractivity contribution in [2.24, 2.45) is 5.92 Å². The van der Waals surface area contributed by atoms with Crippen LogP contribution in [0.3, 0.4) is 0 Å². The van der Waals surface area contributed by atoms with Gasteiger partial charge in [-0.2, -0.15) is 0 Å². The van der Waals surface area contributed by atoms with Gasteiger partial charge in [0.25, 0.3) is 0 Å². The lowest BCUT2D eigenvalue weighted by molar-refractivity contribution is -0.174. The van der Waals surface area contributed by atoms with Crippen LogP contribution in [0.5, 0.6) is 5.75 Å². The lowest BCUT2D eigenvalue weighted by atomic mass is 9.82. The van der Waals surface area contributed by atoms with Crippen LogP contribution in [0.15, 0.2) is 36.4 Å². The maximum absolute atomic E-state index is 14.0. The molecule has 0 spiro atoms. The molecule has 0 aliphatic heterocycles. The Morgan fingerprint density at radius 2 is 1.36 bits per heavy atom. The molecule has 0 heterocycles. The number of carboxylic acid groups (broad SMARTS) is 1. The molecular formula is C45H69NO10. The first-order valence-corrected chi connectivity index (χ1v) is 20.9. The van der Waals surface area contributed by atoms with E-state index in [1.165, 1.54) is 25.3 Å². The van der Waals surface area contributed by atoms with E-state index in [4.69, 9.17) is 14.2 Å². The Balaban J connectivity index is 3.16. The number of nitrogens with one attached hydrogen (secondary N) is 1. The number of aliphatic carboxylic acids is 1. The summed E-state index contributed by atoms with van der Waals surface area (Å²) >= 11 is 0. The number of carboxylic acids is 1. The first kappa shape index (κ1) is 49.8. The second-order valence-corrected chi connectivity index (χ2v) is 14.4. The summed E-state index contributed by atoms with van der Waals surface area (Å²) in [6.45, 7) is 8.30. The van der Waals surface area contributed by atoms with Crippen molar-refractivity contribution < 1.29 is 48.4 Å². The number of carbonyl (C=O) groups is 5. The molecule has 1 aromatic rings. The van der Waals surface area contributed by atoms with Crippen molar-refractivity contribution >= 4 is 29.6 Å². The monoisotopic (exact) mass is 783 g/mol. The van der Waals surface area contributed by atoms with Gasteiger partial charge in [0.15, 0.2) is 5.60 Å². The minimum atomic E-state index is -2.87. The van der Waals surface area contributed by atoms with E-state index in [1.54, 1.807) is 37.3 Å². The van der Waals surface area contributed by atoms with E-state index >= 15 is 0 Å². The van der Waals surface area contributed by atoms with Crippen molar-refractivity contribution in [3.05, 3.63) is 42.0 Å². The van der Waals surface area contributed by atoms with Crippen molar-refractivity contribution in [3.8, 4) is 17.6 Å². The number of hydrogen-bond donors (Lipinski definition) is 3. The largest absolute Gasteiger partial charge is 0.481 e. The summed E-state index contributed by atoms with van der Waals surface area (Å²) in [5.41, 5.74) is -2.20. The van der Waals surface area contributed by atoms with Gasteiger partial charge in [0.05, 0.1) is 25.6 Å². The van der Waals surface area contributed by atoms with E-state index in [1.807, 2.05) is 13.8 Å². The average molecular weight is 784 g/mol. The predicted octanol–water partition coefficient (Wildman–Crippen LogP) is 8.23. The van der Waals surface area contributed by atoms with Gasteiger partial charge in [-0.3, -0.25) is 14.4 Å². The number of ether oxygens (including phenoxy) is 3. The van der Waals surface area contributed by atoms with E-state index in [2.05, 4.69) is 24.1 Å². The average Bonchev–Trinajstić information content (AvgIpc) is 3.17. The Morgan fingerprint density at radius 1 is 0.786 bits per heavy atom. The maximum atomic E-state index is 14.0. The molecule has 3 N–H and O–H groups in total. The fourth-order valence-corrected chi connectivity index (χ4v) is 6.04. The van der Waals surface area contributed by atoms with Crippen LogP contribution in [0, 0.1) is 17.8 Å². The third kappa shape index (κ3) is 21.8. The molecule has 1 amide bonds. The number of allylic oxidation sites excluding steroid dienone is 1. The molecule has 0 saturated carbocycles. The summed E-state index contributed by atoms with van der Waals surface area (Å²) in [5.74, 6) is 0.305. The number of unbranched alkanes of at least 4 members (excludes halogenated alkanes) is 12. The van der Waals surface area contributed by atoms with Gasteiger partial charge in [-0.15, -0.1) is 5.92 Å². The highest BCUT2D eigenvalue weighted by molar-refractivity contribution is 5.95. The second kappa shape index (κ2) is 31.0. The molecule has 0 saturated heterocycles. The maximum Gasteiger partial charge on any atom is 0.337 e. The molecule has 0 aliphatic rings. The molecule has 0 aromatic heterocycles. The van der Waals surface area contributed by atoms with Crippen molar-refractivity contribution in [3.63, 3.8) is 0 Å². The summed E-state index contributed by atoms with van der Waals surface area (Å²) in [6.07, 6.45) is 17.0. The molecule has 3 atom stereocenters. The quantitative estimate of drug-likeness (QED) is 0.0274. The molecule has 56 heavy (non-hydrogen) atoms. The molecule has 1 rings (SSSR count). The first-order chi connectivity index (χ1) is 27.0. The van der Waals surface area contributed by atoms with Crippen LogP contribution in [0.4, 0.5) is 0 Å². The fraction of sp³-hybridized carbons (Fsp3) is 0.667. The van der Waals surface area contributed by atoms with E-state index in [0.29, 0.717) is 55.6 Å². The van der Waals surface area contributed by atoms with Gasteiger partial charge >= 0.3 is 17.9 Å². The molecule has 11 nitrogen and oxygen atoms in total. The first-order valence-electron chi connectivity index (χ1n) is 20.9. The molecule has 0 fully saturated rings. The normalized spacial score (nSPS) is 13.2. The van der Waals surface area contributed by atoms with Crippen LogP contribution in [0.1, 0.15) is 155 Å².